The van der Waals surface area contributed by atoms with Gasteiger partial charge >= 0.3 is 0 Å². The van der Waals surface area contributed by atoms with Gasteiger partial charge in [-0.15, -0.1) is 0 Å². The molecule has 2 heterocycles. The van der Waals surface area contributed by atoms with Crippen molar-refractivity contribution in [3.05, 3.63) is 47.8 Å². The molecule has 0 unspecified atom stereocenters. The molecule has 19 heavy (non-hydrogen) atoms. The highest BCUT2D eigenvalue weighted by Crippen LogP contribution is 2.15. The summed E-state index contributed by atoms with van der Waals surface area (Å²) in [4.78, 5) is 11.2. The third kappa shape index (κ3) is 3.25. The standard InChI is InChI=1S/C11H11ClN4O2S/c1-16(8-9-2-4-13-5-3-9)19(17,18)10-6-14-11(12)15-7-10/h2-7H,8H2,1H3. The molecule has 8 heteroatoms. The Kier molecular flexibility index (Phi) is 4.08. The lowest BCUT2D eigenvalue weighted by atomic mass is 10.3. The summed E-state index contributed by atoms with van der Waals surface area (Å²) in [7, 11) is -2.13. The maximum absolute atomic E-state index is 12.2. The number of hydrogen-bond donors (Lipinski definition) is 0. The number of pyridine rings is 1. The number of rotatable bonds is 4. The minimum Gasteiger partial charge on any atom is -0.265 e. The van der Waals surface area contributed by atoms with Crippen LogP contribution in [0.4, 0.5) is 0 Å². The summed E-state index contributed by atoms with van der Waals surface area (Å²) in [6, 6.07) is 3.51. The lowest BCUT2D eigenvalue weighted by Crippen LogP contribution is -2.26. The summed E-state index contributed by atoms with van der Waals surface area (Å²) >= 11 is 5.53. The lowest BCUT2D eigenvalue weighted by Gasteiger charge is -2.16. The van der Waals surface area contributed by atoms with Crippen molar-refractivity contribution in [1.82, 2.24) is 19.3 Å². The predicted molar refractivity (Wildman–Crippen MR) is 69.9 cm³/mol. The van der Waals surface area contributed by atoms with Gasteiger partial charge in [0.25, 0.3) is 0 Å². The van der Waals surface area contributed by atoms with Crippen LogP contribution in [0.1, 0.15) is 5.56 Å². The largest absolute Gasteiger partial charge is 0.265 e. The second-order valence-corrected chi connectivity index (χ2v) is 6.19. The first-order chi connectivity index (χ1) is 9.00. The number of aromatic nitrogens is 3. The monoisotopic (exact) mass is 298 g/mol. The molecule has 0 amide bonds. The van der Waals surface area contributed by atoms with Crippen LogP contribution in [-0.2, 0) is 16.6 Å². The molecular weight excluding hydrogens is 288 g/mol. The summed E-state index contributed by atoms with van der Waals surface area (Å²) < 4.78 is 25.7. The van der Waals surface area contributed by atoms with E-state index < -0.39 is 10.0 Å². The molecule has 0 spiro atoms. The first-order valence-electron chi connectivity index (χ1n) is 5.33. The zero-order chi connectivity index (χ0) is 13.9. The van der Waals surface area contributed by atoms with Gasteiger partial charge in [0.1, 0.15) is 4.90 Å². The van der Waals surface area contributed by atoms with E-state index >= 15 is 0 Å². The maximum Gasteiger partial charge on any atom is 0.246 e. The van der Waals surface area contributed by atoms with Crippen LogP contribution in [0.15, 0.2) is 41.8 Å². The van der Waals surface area contributed by atoms with Gasteiger partial charge in [0.15, 0.2) is 0 Å². The number of nitrogens with zero attached hydrogens (tertiary/aromatic N) is 4. The first kappa shape index (κ1) is 13.9. The summed E-state index contributed by atoms with van der Waals surface area (Å²) in [6.45, 7) is 0.244. The van der Waals surface area contributed by atoms with Crippen molar-refractivity contribution < 1.29 is 8.42 Å². The Labute approximate surface area is 116 Å². The van der Waals surface area contributed by atoms with Crippen LogP contribution in [0, 0.1) is 0 Å². The Morgan fingerprint density at radius 1 is 1.21 bits per heavy atom. The van der Waals surface area contributed by atoms with E-state index in [1.165, 1.54) is 23.7 Å². The van der Waals surface area contributed by atoms with Gasteiger partial charge in [-0.3, -0.25) is 4.98 Å². The summed E-state index contributed by atoms with van der Waals surface area (Å²) in [6.07, 6.45) is 5.60. The van der Waals surface area contributed by atoms with Crippen molar-refractivity contribution in [3.63, 3.8) is 0 Å². The SMILES string of the molecule is CN(Cc1ccncc1)S(=O)(=O)c1cnc(Cl)nc1. The first-order valence-corrected chi connectivity index (χ1v) is 7.15. The zero-order valence-corrected chi connectivity index (χ0v) is 11.6. The fourth-order valence-electron chi connectivity index (χ4n) is 1.44. The van der Waals surface area contributed by atoms with Crippen LogP contribution in [0.5, 0.6) is 0 Å². The van der Waals surface area contributed by atoms with Crippen molar-refractivity contribution in [2.45, 2.75) is 11.4 Å². The molecule has 0 saturated carbocycles. The third-order valence-electron chi connectivity index (χ3n) is 2.46. The zero-order valence-electron chi connectivity index (χ0n) is 10.1. The molecule has 0 aliphatic carbocycles. The van der Waals surface area contributed by atoms with Gasteiger partial charge in [-0.25, -0.2) is 18.4 Å². The Bertz CT molecular complexity index is 646. The fraction of sp³-hybridized carbons (Fsp3) is 0.182. The van der Waals surface area contributed by atoms with Gasteiger partial charge in [-0.2, -0.15) is 4.31 Å². The minimum absolute atomic E-state index is 0.00783. The Morgan fingerprint density at radius 2 is 1.79 bits per heavy atom. The molecule has 0 N–H and O–H groups in total. The van der Waals surface area contributed by atoms with Crippen LogP contribution < -0.4 is 0 Å². The Balaban J connectivity index is 2.22. The van der Waals surface area contributed by atoms with Gasteiger partial charge in [0, 0.05) is 26.0 Å². The summed E-state index contributed by atoms with van der Waals surface area (Å²) in [5, 5.41) is 0.00994. The second-order valence-electron chi connectivity index (χ2n) is 3.80. The average Bonchev–Trinajstić information content (AvgIpc) is 2.40. The van der Waals surface area contributed by atoms with Crippen molar-refractivity contribution in [2.75, 3.05) is 7.05 Å². The van der Waals surface area contributed by atoms with Crippen LogP contribution in [0.25, 0.3) is 0 Å². The maximum atomic E-state index is 12.2. The number of hydrogen-bond acceptors (Lipinski definition) is 5. The van der Waals surface area contributed by atoms with Gasteiger partial charge in [-0.05, 0) is 29.3 Å². The van der Waals surface area contributed by atoms with Crippen molar-refractivity contribution >= 4 is 21.6 Å². The molecule has 0 aromatic carbocycles. The molecule has 0 aliphatic heterocycles. The number of sulfonamides is 1. The summed E-state index contributed by atoms with van der Waals surface area (Å²) in [5.74, 6) is 0. The van der Waals surface area contributed by atoms with Crippen LogP contribution in [0.3, 0.4) is 0 Å². The molecule has 2 aromatic rings. The molecule has 2 aromatic heterocycles. The third-order valence-corrected chi connectivity index (χ3v) is 4.41. The average molecular weight is 299 g/mol. The molecular formula is C11H11ClN4O2S. The van der Waals surface area contributed by atoms with Gasteiger partial charge in [0.2, 0.25) is 15.3 Å². The highest BCUT2D eigenvalue weighted by molar-refractivity contribution is 7.89. The van der Waals surface area contributed by atoms with E-state index in [-0.39, 0.29) is 16.7 Å². The molecule has 0 fully saturated rings. The van der Waals surface area contributed by atoms with E-state index in [1.54, 1.807) is 24.5 Å². The van der Waals surface area contributed by atoms with Crippen LogP contribution >= 0.6 is 11.6 Å². The van der Waals surface area contributed by atoms with E-state index in [1.807, 2.05) is 0 Å². The van der Waals surface area contributed by atoms with Crippen LogP contribution in [-0.4, -0.2) is 34.7 Å². The second kappa shape index (κ2) is 5.60. The van der Waals surface area contributed by atoms with Gasteiger partial charge < -0.3 is 0 Å². The molecule has 0 aliphatic rings. The van der Waals surface area contributed by atoms with Crippen molar-refractivity contribution in [2.24, 2.45) is 0 Å². The summed E-state index contributed by atoms with van der Waals surface area (Å²) in [5.41, 5.74) is 0.843. The van der Waals surface area contributed by atoms with E-state index in [0.29, 0.717) is 0 Å². The molecule has 100 valence electrons. The number of halogens is 1. The van der Waals surface area contributed by atoms with E-state index in [0.717, 1.165) is 5.56 Å². The van der Waals surface area contributed by atoms with E-state index in [9.17, 15) is 8.42 Å². The molecule has 0 atom stereocenters. The quantitative estimate of drug-likeness (QED) is 0.796. The Hall–Kier alpha value is -1.57. The molecule has 2 rings (SSSR count). The van der Waals surface area contributed by atoms with E-state index in [4.69, 9.17) is 11.6 Å². The Morgan fingerprint density at radius 3 is 2.37 bits per heavy atom. The fourth-order valence-corrected chi connectivity index (χ4v) is 2.59. The topological polar surface area (TPSA) is 76.1 Å². The lowest BCUT2D eigenvalue weighted by molar-refractivity contribution is 0.466. The van der Waals surface area contributed by atoms with Gasteiger partial charge in [-0.1, -0.05) is 0 Å². The molecule has 0 radical (unpaired) electrons. The smallest absolute Gasteiger partial charge is 0.246 e. The van der Waals surface area contributed by atoms with Gasteiger partial charge in [0.05, 0.1) is 12.4 Å². The molecule has 6 nitrogen and oxygen atoms in total. The highest BCUT2D eigenvalue weighted by atomic mass is 35.5. The predicted octanol–water partition coefficient (Wildman–Crippen LogP) is 1.35. The molecule has 0 bridgehead atoms. The van der Waals surface area contributed by atoms with Crippen molar-refractivity contribution in [1.29, 1.82) is 0 Å². The van der Waals surface area contributed by atoms with Crippen LogP contribution in [0.2, 0.25) is 5.28 Å². The van der Waals surface area contributed by atoms with Crippen molar-refractivity contribution in [3.8, 4) is 0 Å². The minimum atomic E-state index is -3.62. The highest BCUT2D eigenvalue weighted by Gasteiger charge is 2.21. The van der Waals surface area contributed by atoms with E-state index in [2.05, 4.69) is 15.0 Å². The normalized spacial score (nSPS) is 11.7. The molecule has 0 saturated heterocycles.